The second-order valence-electron chi connectivity index (χ2n) is 2.61. The Hall–Kier alpha value is -1.59. The monoisotopic (exact) mass is 204 g/mol. The highest BCUT2D eigenvalue weighted by molar-refractivity contribution is 5.74. The van der Waals surface area contributed by atoms with E-state index in [1.54, 1.807) is 0 Å². The summed E-state index contributed by atoms with van der Waals surface area (Å²) in [7, 11) is 1.17. The van der Waals surface area contributed by atoms with E-state index >= 15 is 0 Å². The summed E-state index contributed by atoms with van der Waals surface area (Å²) in [6.07, 6.45) is -1.62. The summed E-state index contributed by atoms with van der Waals surface area (Å²) in [5, 5.41) is 8.44. The number of methoxy groups -OCH3 is 1. The largest absolute Gasteiger partial charge is 0.481 e. The van der Waals surface area contributed by atoms with Gasteiger partial charge in [0.05, 0.1) is 20.0 Å². The normalized spacial score (nSPS) is 11.6. The second-order valence-corrected chi connectivity index (χ2v) is 2.61. The lowest BCUT2D eigenvalue weighted by atomic mass is 10.2. The van der Waals surface area contributed by atoms with Crippen molar-refractivity contribution >= 4 is 17.9 Å². The maximum atomic E-state index is 10.8. The fraction of sp³-hybridized carbons (Fsp3) is 0.625. The Morgan fingerprint density at radius 2 is 1.86 bits per heavy atom. The number of ether oxygens (including phenoxy) is 2. The quantitative estimate of drug-likeness (QED) is 0.632. The summed E-state index contributed by atoms with van der Waals surface area (Å²) in [6.45, 7) is 1.14. The minimum absolute atomic E-state index is 0.248. The maximum absolute atomic E-state index is 10.8. The molecule has 80 valence electrons. The first kappa shape index (κ1) is 12.4. The number of hydrogen-bond donors (Lipinski definition) is 1. The van der Waals surface area contributed by atoms with Crippen LogP contribution in [-0.4, -0.2) is 36.2 Å². The molecule has 0 fully saturated rings. The van der Waals surface area contributed by atoms with Crippen LogP contribution in [0.2, 0.25) is 0 Å². The number of aliphatic carboxylic acids is 1. The van der Waals surface area contributed by atoms with Crippen molar-refractivity contribution in [1.82, 2.24) is 0 Å². The Morgan fingerprint density at radius 3 is 2.21 bits per heavy atom. The standard InChI is InChI=1S/C8H12O6/c1-5(9)14-6(3-7(10)11)4-8(12)13-2/h6H,3-4H2,1-2H3,(H,10,11). The number of hydrogen-bond acceptors (Lipinski definition) is 5. The van der Waals surface area contributed by atoms with Gasteiger partial charge in [-0.05, 0) is 0 Å². The first-order valence-corrected chi connectivity index (χ1v) is 3.91. The van der Waals surface area contributed by atoms with Crippen molar-refractivity contribution in [3.05, 3.63) is 0 Å². The average molecular weight is 204 g/mol. The van der Waals surface area contributed by atoms with Gasteiger partial charge in [-0.15, -0.1) is 0 Å². The van der Waals surface area contributed by atoms with Crippen molar-refractivity contribution in [3.8, 4) is 0 Å². The highest BCUT2D eigenvalue weighted by Crippen LogP contribution is 2.05. The van der Waals surface area contributed by atoms with E-state index in [4.69, 9.17) is 5.11 Å². The minimum Gasteiger partial charge on any atom is -0.481 e. The third kappa shape index (κ3) is 5.99. The first-order chi connectivity index (χ1) is 6.45. The van der Waals surface area contributed by atoms with Crippen molar-refractivity contribution in [1.29, 1.82) is 0 Å². The van der Waals surface area contributed by atoms with Crippen LogP contribution in [0, 0.1) is 0 Å². The molecular formula is C8H12O6. The number of carbonyl (C=O) groups excluding carboxylic acids is 2. The zero-order chi connectivity index (χ0) is 11.1. The van der Waals surface area contributed by atoms with Gasteiger partial charge in [0.15, 0.2) is 0 Å². The lowest BCUT2D eigenvalue weighted by Gasteiger charge is -2.13. The fourth-order valence-corrected chi connectivity index (χ4v) is 0.854. The summed E-state index contributed by atoms with van der Waals surface area (Å²) < 4.78 is 8.93. The molecule has 0 rings (SSSR count). The predicted octanol–water partition coefficient (Wildman–Crippen LogP) is -0.0441. The number of carbonyl (C=O) groups is 3. The first-order valence-electron chi connectivity index (χ1n) is 3.91. The molecule has 0 heterocycles. The van der Waals surface area contributed by atoms with Crippen molar-refractivity contribution in [2.45, 2.75) is 25.9 Å². The van der Waals surface area contributed by atoms with Crippen LogP contribution in [0.1, 0.15) is 19.8 Å². The molecule has 6 heteroatoms. The summed E-state index contributed by atoms with van der Waals surface area (Å²) in [5.41, 5.74) is 0. The van der Waals surface area contributed by atoms with Gasteiger partial charge < -0.3 is 14.6 Å². The Morgan fingerprint density at radius 1 is 1.29 bits per heavy atom. The summed E-state index contributed by atoms with van der Waals surface area (Å²) in [4.78, 5) is 31.6. The average Bonchev–Trinajstić information content (AvgIpc) is 2.01. The van der Waals surface area contributed by atoms with Crippen LogP contribution >= 0.6 is 0 Å². The van der Waals surface area contributed by atoms with E-state index in [0.717, 1.165) is 6.92 Å². The number of carboxylic acid groups (broad SMARTS) is 1. The Kier molecular flexibility index (Phi) is 5.28. The van der Waals surface area contributed by atoms with Gasteiger partial charge in [0.2, 0.25) is 0 Å². The molecule has 1 atom stereocenters. The topological polar surface area (TPSA) is 89.9 Å². The predicted molar refractivity (Wildman–Crippen MR) is 44.4 cm³/mol. The summed E-state index contributed by atoms with van der Waals surface area (Å²) in [5.74, 6) is -2.38. The van der Waals surface area contributed by atoms with Gasteiger partial charge in [0, 0.05) is 6.92 Å². The molecule has 0 saturated heterocycles. The van der Waals surface area contributed by atoms with Gasteiger partial charge in [-0.25, -0.2) is 0 Å². The minimum atomic E-state index is -1.14. The highest BCUT2D eigenvalue weighted by atomic mass is 16.6. The molecule has 0 aromatic heterocycles. The third-order valence-electron chi connectivity index (χ3n) is 1.36. The maximum Gasteiger partial charge on any atom is 0.309 e. The molecule has 1 N–H and O–H groups in total. The van der Waals surface area contributed by atoms with E-state index in [1.165, 1.54) is 7.11 Å². The molecule has 0 aromatic carbocycles. The van der Waals surface area contributed by atoms with E-state index in [-0.39, 0.29) is 6.42 Å². The van der Waals surface area contributed by atoms with E-state index in [0.29, 0.717) is 0 Å². The second kappa shape index (κ2) is 5.95. The molecule has 0 spiro atoms. The van der Waals surface area contributed by atoms with Crippen LogP contribution < -0.4 is 0 Å². The smallest absolute Gasteiger partial charge is 0.309 e. The van der Waals surface area contributed by atoms with E-state index in [1.807, 2.05) is 0 Å². The Balaban J connectivity index is 4.16. The van der Waals surface area contributed by atoms with Crippen molar-refractivity contribution in [2.24, 2.45) is 0 Å². The Bertz CT molecular complexity index is 218. The van der Waals surface area contributed by atoms with Crippen LogP contribution in [0.25, 0.3) is 0 Å². The van der Waals surface area contributed by atoms with Crippen LogP contribution in [0.4, 0.5) is 0 Å². The molecule has 14 heavy (non-hydrogen) atoms. The van der Waals surface area contributed by atoms with Gasteiger partial charge in [-0.3, -0.25) is 14.4 Å². The molecule has 0 aliphatic heterocycles. The molecule has 0 amide bonds. The number of carboxylic acids is 1. The highest BCUT2D eigenvalue weighted by Gasteiger charge is 2.20. The molecule has 0 aliphatic carbocycles. The van der Waals surface area contributed by atoms with Crippen LogP contribution in [0.15, 0.2) is 0 Å². The van der Waals surface area contributed by atoms with Crippen molar-refractivity contribution < 1.29 is 29.0 Å². The SMILES string of the molecule is COC(=O)CC(CC(=O)O)OC(C)=O. The van der Waals surface area contributed by atoms with Gasteiger partial charge in [0.1, 0.15) is 6.10 Å². The van der Waals surface area contributed by atoms with Crippen LogP contribution in [0.3, 0.4) is 0 Å². The van der Waals surface area contributed by atoms with Crippen molar-refractivity contribution in [2.75, 3.05) is 7.11 Å². The number of rotatable bonds is 5. The molecule has 0 bridgehead atoms. The molecule has 0 saturated carbocycles. The third-order valence-corrected chi connectivity index (χ3v) is 1.36. The van der Waals surface area contributed by atoms with Crippen molar-refractivity contribution in [3.63, 3.8) is 0 Å². The van der Waals surface area contributed by atoms with E-state index < -0.39 is 30.4 Å². The fourth-order valence-electron chi connectivity index (χ4n) is 0.854. The van der Waals surface area contributed by atoms with Gasteiger partial charge in [-0.1, -0.05) is 0 Å². The van der Waals surface area contributed by atoms with E-state index in [9.17, 15) is 14.4 Å². The van der Waals surface area contributed by atoms with Gasteiger partial charge in [0.25, 0.3) is 0 Å². The zero-order valence-electron chi connectivity index (χ0n) is 7.98. The molecular weight excluding hydrogens is 192 g/mol. The zero-order valence-corrected chi connectivity index (χ0v) is 7.98. The lowest BCUT2D eigenvalue weighted by Crippen LogP contribution is -2.24. The lowest BCUT2D eigenvalue weighted by molar-refractivity contribution is -0.155. The van der Waals surface area contributed by atoms with Gasteiger partial charge in [-0.2, -0.15) is 0 Å². The van der Waals surface area contributed by atoms with Crippen LogP contribution in [0.5, 0.6) is 0 Å². The van der Waals surface area contributed by atoms with Gasteiger partial charge >= 0.3 is 17.9 Å². The molecule has 0 aliphatic rings. The summed E-state index contributed by atoms with van der Waals surface area (Å²) in [6, 6.07) is 0. The van der Waals surface area contributed by atoms with E-state index in [2.05, 4.69) is 9.47 Å². The summed E-state index contributed by atoms with van der Waals surface area (Å²) >= 11 is 0. The number of esters is 2. The molecule has 1 unspecified atom stereocenters. The molecule has 0 aromatic rings. The molecule has 6 nitrogen and oxygen atoms in total. The molecule has 0 radical (unpaired) electrons. The van der Waals surface area contributed by atoms with Crippen LogP contribution in [-0.2, 0) is 23.9 Å². The Labute approximate surface area is 80.8 Å².